The first kappa shape index (κ1) is 10.5. The molecule has 13 heavy (non-hydrogen) atoms. The van der Waals surface area contributed by atoms with Gasteiger partial charge in [-0.05, 0) is 19.3 Å². The van der Waals surface area contributed by atoms with Gasteiger partial charge in [0.1, 0.15) is 0 Å². The van der Waals surface area contributed by atoms with Crippen LogP contribution in [0.25, 0.3) is 0 Å². The van der Waals surface area contributed by atoms with Gasteiger partial charge in [-0.3, -0.25) is 4.79 Å². The zero-order chi connectivity index (χ0) is 9.68. The number of nitrogens with two attached hydrogens (primary N) is 1. The molecule has 76 valence electrons. The lowest BCUT2D eigenvalue weighted by Crippen LogP contribution is -2.50. The summed E-state index contributed by atoms with van der Waals surface area (Å²) in [4.78, 5) is 11.2. The average Bonchev–Trinajstić information content (AvgIpc) is 2.02. The fraction of sp³-hybridized carbons (Fsp3) is 0.889. The molecule has 0 unspecified atom stereocenters. The summed E-state index contributed by atoms with van der Waals surface area (Å²) in [5.74, 6) is 0.119. The summed E-state index contributed by atoms with van der Waals surface area (Å²) in [7, 11) is 1.64. The van der Waals surface area contributed by atoms with Crippen molar-refractivity contribution in [2.24, 2.45) is 5.73 Å². The quantitative estimate of drug-likeness (QED) is 0.595. The molecule has 0 heterocycles. The van der Waals surface area contributed by atoms with Crippen LogP contribution in [-0.2, 0) is 9.53 Å². The van der Waals surface area contributed by atoms with Crippen LogP contribution in [0.15, 0.2) is 0 Å². The van der Waals surface area contributed by atoms with Crippen molar-refractivity contribution in [1.29, 1.82) is 0 Å². The van der Waals surface area contributed by atoms with Crippen LogP contribution in [0, 0.1) is 0 Å². The number of carbonyl (C=O) groups is 1. The third kappa shape index (κ3) is 3.74. The highest BCUT2D eigenvalue weighted by atomic mass is 16.5. The molecule has 0 aromatic heterocycles. The molecule has 4 nitrogen and oxygen atoms in total. The zero-order valence-corrected chi connectivity index (χ0v) is 8.08. The summed E-state index contributed by atoms with van der Waals surface area (Å²) < 4.78 is 4.85. The van der Waals surface area contributed by atoms with Crippen molar-refractivity contribution in [3.63, 3.8) is 0 Å². The number of ether oxygens (including phenoxy) is 1. The van der Waals surface area contributed by atoms with Crippen molar-refractivity contribution in [2.45, 2.75) is 37.8 Å². The third-order valence-corrected chi connectivity index (χ3v) is 2.29. The molecule has 0 atom stereocenters. The summed E-state index contributed by atoms with van der Waals surface area (Å²) in [6.07, 6.45) is 3.20. The highest BCUT2D eigenvalue weighted by Crippen LogP contribution is 2.17. The Labute approximate surface area is 78.8 Å². The van der Waals surface area contributed by atoms with Crippen LogP contribution in [-0.4, -0.2) is 31.7 Å². The maximum atomic E-state index is 11.2. The van der Waals surface area contributed by atoms with Gasteiger partial charge in [-0.25, -0.2) is 0 Å². The molecule has 0 aromatic carbocycles. The minimum atomic E-state index is 0.119. The van der Waals surface area contributed by atoms with Gasteiger partial charge in [-0.2, -0.15) is 0 Å². The standard InChI is InChI=1S/C9H18N2O2/c1-13-4-2-3-9(12)11-8-5-7(10)6-8/h7-8H,2-6,10H2,1H3,(H,11,12). The molecule has 0 spiro atoms. The van der Waals surface area contributed by atoms with E-state index in [1.54, 1.807) is 7.11 Å². The van der Waals surface area contributed by atoms with E-state index in [9.17, 15) is 4.79 Å². The third-order valence-electron chi connectivity index (χ3n) is 2.29. The van der Waals surface area contributed by atoms with Crippen LogP contribution >= 0.6 is 0 Å². The molecule has 1 saturated carbocycles. The van der Waals surface area contributed by atoms with Gasteiger partial charge in [0.15, 0.2) is 0 Å². The van der Waals surface area contributed by atoms with Crippen molar-refractivity contribution >= 4 is 5.91 Å². The lowest BCUT2D eigenvalue weighted by molar-refractivity contribution is -0.122. The lowest BCUT2D eigenvalue weighted by Gasteiger charge is -2.32. The number of amides is 1. The van der Waals surface area contributed by atoms with E-state index in [2.05, 4.69) is 5.32 Å². The molecule has 1 fully saturated rings. The second-order valence-corrected chi connectivity index (χ2v) is 3.59. The zero-order valence-electron chi connectivity index (χ0n) is 8.08. The van der Waals surface area contributed by atoms with Crippen molar-refractivity contribution in [1.82, 2.24) is 5.32 Å². The van der Waals surface area contributed by atoms with E-state index >= 15 is 0 Å². The van der Waals surface area contributed by atoms with Crippen molar-refractivity contribution < 1.29 is 9.53 Å². The van der Waals surface area contributed by atoms with Crippen LogP contribution in [0.1, 0.15) is 25.7 Å². The van der Waals surface area contributed by atoms with E-state index in [-0.39, 0.29) is 5.91 Å². The number of rotatable bonds is 5. The average molecular weight is 186 g/mol. The van der Waals surface area contributed by atoms with Crippen molar-refractivity contribution in [3.8, 4) is 0 Å². The van der Waals surface area contributed by atoms with Crippen LogP contribution in [0.3, 0.4) is 0 Å². The molecule has 1 rings (SSSR count). The summed E-state index contributed by atoms with van der Waals surface area (Å²) >= 11 is 0. The monoisotopic (exact) mass is 186 g/mol. The molecule has 3 N–H and O–H groups in total. The van der Waals surface area contributed by atoms with Gasteiger partial charge in [0.05, 0.1) is 0 Å². The number of hydrogen-bond acceptors (Lipinski definition) is 3. The first-order chi connectivity index (χ1) is 6.22. The maximum Gasteiger partial charge on any atom is 0.220 e. The van der Waals surface area contributed by atoms with E-state index in [1.165, 1.54) is 0 Å². The number of methoxy groups -OCH3 is 1. The Morgan fingerprint density at radius 1 is 1.62 bits per heavy atom. The second-order valence-electron chi connectivity index (χ2n) is 3.59. The first-order valence-electron chi connectivity index (χ1n) is 4.76. The summed E-state index contributed by atoms with van der Waals surface area (Å²) in [5.41, 5.74) is 5.59. The molecular formula is C9H18N2O2. The van der Waals surface area contributed by atoms with Crippen LogP contribution in [0.4, 0.5) is 0 Å². The molecule has 0 radical (unpaired) electrons. The Kier molecular flexibility index (Phi) is 4.18. The summed E-state index contributed by atoms with van der Waals surface area (Å²) in [5, 5.41) is 2.93. The number of carbonyl (C=O) groups excluding carboxylic acids is 1. The summed E-state index contributed by atoms with van der Waals surface area (Å²) in [6, 6.07) is 0.620. The predicted molar refractivity (Wildman–Crippen MR) is 50.3 cm³/mol. The van der Waals surface area contributed by atoms with Gasteiger partial charge < -0.3 is 15.8 Å². The molecule has 4 heteroatoms. The first-order valence-corrected chi connectivity index (χ1v) is 4.76. The molecule has 0 bridgehead atoms. The van der Waals surface area contributed by atoms with E-state index in [1.807, 2.05) is 0 Å². The van der Waals surface area contributed by atoms with Crippen molar-refractivity contribution in [3.05, 3.63) is 0 Å². The topological polar surface area (TPSA) is 64.3 Å². The van der Waals surface area contributed by atoms with Gasteiger partial charge in [0.25, 0.3) is 0 Å². The Morgan fingerprint density at radius 3 is 2.85 bits per heavy atom. The van der Waals surface area contributed by atoms with Gasteiger partial charge in [-0.1, -0.05) is 0 Å². The van der Waals surface area contributed by atoms with E-state index in [4.69, 9.17) is 10.5 Å². The SMILES string of the molecule is COCCCC(=O)NC1CC(N)C1. The van der Waals surface area contributed by atoms with Crippen LogP contribution in [0.2, 0.25) is 0 Å². The molecular weight excluding hydrogens is 168 g/mol. The predicted octanol–water partition coefficient (Wildman–Crippen LogP) is 0.0189. The Hall–Kier alpha value is -0.610. The molecule has 0 saturated heterocycles. The van der Waals surface area contributed by atoms with Crippen LogP contribution in [0.5, 0.6) is 0 Å². The number of nitrogens with one attached hydrogen (secondary N) is 1. The van der Waals surface area contributed by atoms with E-state index in [0.29, 0.717) is 25.1 Å². The highest BCUT2D eigenvalue weighted by molar-refractivity contribution is 5.76. The maximum absolute atomic E-state index is 11.2. The van der Waals surface area contributed by atoms with Gasteiger partial charge >= 0.3 is 0 Å². The largest absolute Gasteiger partial charge is 0.385 e. The van der Waals surface area contributed by atoms with E-state index in [0.717, 1.165) is 19.3 Å². The number of hydrogen-bond donors (Lipinski definition) is 2. The Morgan fingerprint density at radius 2 is 2.31 bits per heavy atom. The molecule has 1 amide bonds. The molecule has 0 aliphatic heterocycles. The highest BCUT2D eigenvalue weighted by Gasteiger charge is 2.26. The molecule has 1 aliphatic carbocycles. The van der Waals surface area contributed by atoms with Gasteiger partial charge in [-0.15, -0.1) is 0 Å². The molecule has 1 aliphatic rings. The Balaban J connectivity index is 1.98. The minimum absolute atomic E-state index is 0.119. The summed E-state index contributed by atoms with van der Waals surface area (Å²) in [6.45, 7) is 0.650. The smallest absolute Gasteiger partial charge is 0.220 e. The van der Waals surface area contributed by atoms with Gasteiger partial charge in [0, 0.05) is 32.2 Å². The Bertz CT molecular complexity index is 167. The lowest BCUT2D eigenvalue weighted by atomic mass is 9.87. The fourth-order valence-electron chi connectivity index (χ4n) is 1.46. The van der Waals surface area contributed by atoms with Crippen molar-refractivity contribution in [2.75, 3.05) is 13.7 Å². The fourth-order valence-corrected chi connectivity index (χ4v) is 1.46. The normalized spacial score (nSPS) is 26.6. The van der Waals surface area contributed by atoms with E-state index < -0.39 is 0 Å². The van der Waals surface area contributed by atoms with Crippen LogP contribution < -0.4 is 11.1 Å². The minimum Gasteiger partial charge on any atom is -0.385 e. The molecule has 0 aromatic rings. The second kappa shape index (κ2) is 5.19. The van der Waals surface area contributed by atoms with Gasteiger partial charge in [0.2, 0.25) is 5.91 Å².